The molecule has 0 radical (unpaired) electrons. The number of rotatable bonds is 6. The number of sulfonamides is 1. The van der Waals surface area contributed by atoms with E-state index in [9.17, 15) is 13.2 Å². The van der Waals surface area contributed by atoms with Gasteiger partial charge >= 0.3 is 5.97 Å². The molecule has 0 aromatic carbocycles. The van der Waals surface area contributed by atoms with Crippen molar-refractivity contribution in [3.63, 3.8) is 0 Å². The maximum Gasteiger partial charge on any atom is 0.306 e. The van der Waals surface area contributed by atoms with Crippen LogP contribution in [0.15, 0.2) is 4.90 Å². The van der Waals surface area contributed by atoms with Gasteiger partial charge in [-0.3, -0.25) is 9.48 Å². The minimum Gasteiger partial charge on any atom is -0.469 e. The van der Waals surface area contributed by atoms with Crippen LogP contribution in [-0.4, -0.2) is 48.7 Å². The molecule has 1 aromatic heterocycles. The Labute approximate surface area is 119 Å². The van der Waals surface area contributed by atoms with E-state index in [4.69, 9.17) is 0 Å². The Hall–Kier alpha value is -1.41. The first-order valence-electron chi connectivity index (χ1n) is 6.32. The van der Waals surface area contributed by atoms with Gasteiger partial charge in [0, 0.05) is 20.1 Å². The van der Waals surface area contributed by atoms with Crippen LogP contribution in [0.1, 0.15) is 24.7 Å². The van der Waals surface area contributed by atoms with E-state index in [0.717, 1.165) is 0 Å². The quantitative estimate of drug-likeness (QED) is 0.719. The van der Waals surface area contributed by atoms with Gasteiger partial charge < -0.3 is 4.74 Å². The maximum atomic E-state index is 12.6. The minimum atomic E-state index is -3.65. The summed E-state index contributed by atoms with van der Waals surface area (Å²) in [5, 5.41) is 4.12. The third-order valence-electron chi connectivity index (χ3n) is 3.19. The molecule has 0 atom stereocenters. The van der Waals surface area contributed by atoms with Crippen molar-refractivity contribution < 1.29 is 17.9 Å². The Morgan fingerprint density at radius 3 is 2.40 bits per heavy atom. The number of hydrogen-bond donors (Lipinski definition) is 0. The van der Waals surface area contributed by atoms with Gasteiger partial charge in [0.2, 0.25) is 10.0 Å². The molecule has 1 aromatic rings. The molecule has 0 saturated heterocycles. The second-order valence-corrected chi connectivity index (χ2v) is 6.32. The molecular formula is C12H21N3O4S. The highest BCUT2D eigenvalue weighted by Crippen LogP contribution is 2.23. The number of hydrogen-bond acceptors (Lipinski definition) is 5. The average Bonchev–Trinajstić information content (AvgIpc) is 2.63. The summed E-state index contributed by atoms with van der Waals surface area (Å²) in [5.74, 6) is -0.432. The van der Waals surface area contributed by atoms with Crippen molar-refractivity contribution in [3.8, 4) is 0 Å². The van der Waals surface area contributed by atoms with Crippen LogP contribution in [0.25, 0.3) is 0 Å². The van der Waals surface area contributed by atoms with Crippen LogP contribution in [-0.2, 0) is 26.6 Å². The van der Waals surface area contributed by atoms with Crippen molar-refractivity contribution in [2.24, 2.45) is 7.05 Å². The Kier molecular flexibility index (Phi) is 5.29. The van der Waals surface area contributed by atoms with Crippen molar-refractivity contribution in [2.75, 3.05) is 20.2 Å². The fourth-order valence-corrected chi connectivity index (χ4v) is 3.87. The maximum absolute atomic E-state index is 12.6. The van der Waals surface area contributed by atoms with Crippen LogP contribution in [0, 0.1) is 13.8 Å². The van der Waals surface area contributed by atoms with Crippen LogP contribution < -0.4 is 0 Å². The predicted octanol–water partition coefficient (Wildman–Crippen LogP) is 0.611. The molecule has 0 unspecified atom stereocenters. The molecule has 0 spiro atoms. The molecule has 20 heavy (non-hydrogen) atoms. The Morgan fingerprint density at radius 2 is 2.00 bits per heavy atom. The van der Waals surface area contributed by atoms with E-state index >= 15 is 0 Å². The second kappa shape index (κ2) is 6.36. The zero-order chi connectivity index (χ0) is 15.5. The normalized spacial score (nSPS) is 11.9. The SMILES string of the molecule is CCN(CCC(=O)OC)S(=O)(=O)c1c(C)nn(C)c1C. The standard InChI is InChI=1S/C12H21N3O4S/c1-6-15(8-7-11(16)19-5)20(17,18)12-9(2)13-14(4)10(12)3/h6-8H2,1-5H3. The third kappa shape index (κ3) is 3.18. The topological polar surface area (TPSA) is 81.5 Å². The van der Waals surface area contributed by atoms with E-state index in [1.807, 2.05) is 0 Å². The minimum absolute atomic E-state index is 0.0297. The van der Waals surface area contributed by atoms with E-state index in [0.29, 0.717) is 11.4 Å². The van der Waals surface area contributed by atoms with Crippen molar-refractivity contribution in [1.29, 1.82) is 0 Å². The van der Waals surface area contributed by atoms with Crippen LogP contribution in [0.5, 0.6) is 0 Å². The average molecular weight is 303 g/mol. The first-order chi connectivity index (χ1) is 9.25. The lowest BCUT2D eigenvalue weighted by Crippen LogP contribution is -2.33. The number of esters is 1. The molecule has 1 rings (SSSR count). The predicted molar refractivity (Wildman–Crippen MR) is 73.7 cm³/mol. The highest BCUT2D eigenvalue weighted by Gasteiger charge is 2.29. The monoisotopic (exact) mass is 303 g/mol. The van der Waals surface area contributed by atoms with Crippen molar-refractivity contribution in [3.05, 3.63) is 11.4 Å². The third-order valence-corrected chi connectivity index (χ3v) is 5.41. The Bertz CT molecular complexity index is 592. The number of ether oxygens (including phenoxy) is 1. The van der Waals surface area contributed by atoms with Crippen LogP contribution >= 0.6 is 0 Å². The summed E-state index contributed by atoms with van der Waals surface area (Å²) in [7, 11) is -0.673. The molecule has 0 bridgehead atoms. The Balaban J connectivity index is 3.09. The molecule has 1 heterocycles. The molecule has 0 N–H and O–H groups in total. The highest BCUT2D eigenvalue weighted by atomic mass is 32.2. The fraction of sp³-hybridized carbons (Fsp3) is 0.667. The van der Waals surface area contributed by atoms with E-state index < -0.39 is 16.0 Å². The van der Waals surface area contributed by atoms with Gasteiger partial charge in [-0.2, -0.15) is 9.40 Å². The summed E-state index contributed by atoms with van der Waals surface area (Å²) in [4.78, 5) is 11.4. The van der Waals surface area contributed by atoms with E-state index in [1.54, 1.807) is 27.8 Å². The molecule has 0 aliphatic rings. The lowest BCUT2D eigenvalue weighted by molar-refractivity contribution is -0.140. The summed E-state index contributed by atoms with van der Waals surface area (Å²) in [5.41, 5.74) is 1.04. The number of carbonyl (C=O) groups excluding carboxylic acids is 1. The van der Waals surface area contributed by atoms with E-state index in [2.05, 4.69) is 9.84 Å². The number of aryl methyl sites for hydroxylation is 2. The van der Waals surface area contributed by atoms with Gasteiger partial charge in [0.05, 0.1) is 24.9 Å². The molecule has 0 fully saturated rings. The molecule has 8 heteroatoms. The number of nitrogens with zero attached hydrogens (tertiary/aromatic N) is 3. The summed E-state index contributed by atoms with van der Waals surface area (Å²) in [6.45, 7) is 5.48. The largest absolute Gasteiger partial charge is 0.469 e. The van der Waals surface area contributed by atoms with Gasteiger partial charge in [0.15, 0.2) is 0 Å². The molecule has 7 nitrogen and oxygen atoms in total. The van der Waals surface area contributed by atoms with Crippen LogP contribution in [0.2, 0.25) is 0 Å². The fourth-order valence-electron chi connectivity index (χ4n) is 2.02. The smallest absolute Gasteiger partial charge is 0.306 e. The van der Waals surface area contributed by atoms with Gasteiger partial charge in [0.25, 0.3) is 0 Å². The number of carbonyl (C=O) groups is 1. The molecule has 0 saturated carbocycles. The van der Waals surface area contributed by atoms with Crippen LogP contribution in [0.4, 0.5) is 0 Å². The summed E-state index contributed by atoms with van der Waals surface area (Å²) in [6, 6.07) is 0. The van der Waals surface area contributed by atoms with E-state index in [1.165, 1.54) is 16.1 Å². The van der Waals surface area contributed by atoms with Crippen molar-refractivity contribution in [1.82, 2.24) is 14.1 Å². The summed E-state index contributed by atoms with van der Waals surface area (Å²) < 4.78 is 32.6. The molecule has 0 aliphatic heterocycles. The molecular weight excluding hydrogens is 282 g/mol. The first kappa shape index (κ1) is 16.6. The summed E-state index contributed by atoms with van der Waals surface area (Å²) >= 11 is 0. The highest BCUT2D eigenvalue weighted by molar-refractivity contribution is 7.89. The lowest BCUT2D eigenvalue weighted by Gasteiger charge is -2.20. The van der Waals surface area contributed by atoms with Gasteiger partial charge in [-0.1, -0.05) is 6.92 Å². The number of aromatic nitrogens is 2. The molecule has 0 amide bonds. The zero-order valence-corrected chi connectivity index (χ0v) is 13.3. The second-order valence-electron chi connectivity index (χ2n) is 4.45. The van der Waals surface area contributed by atoms with Gasteiger partial charge in [-0.15, -0.1) is 0 Å². The van der Waals surface area contributed by atoms with Gasteiger partial charge in [-0.05, 0) is 13.8 Å². The van der Waals surface area contributed by atoms with Crippen LogP contribution in [0.3, 0.4) is 0 Å². The lowest BCUT2D eigenvalue weighted by atomic mass is 10.4. The summed E-state index contributed by atoms with van der Waals surface area (Å²) in [6.07, 6.45) is 0.0297. The molecule has 114 valence electrons. The molecule has 0 aliphatic carbocycles. The van der Waals surface area contributed by atoms with E-state index in [-0.39, 0.29) is 24.4 Å². The van der Waals surface area contributed by atoms with Crippen molar-refractivity contribution in [2.45, 2.75) is 32.1 Å². The Morgan fingerprint density at radius 1 is 1.40 bits per heavy atom. The van der Waals surface area contributed by atoms with Gasteiger partial charge in [0.1, 0.15) is 4.90 Å². The zero-order valence-electron chi connectivity index (χ0n) is 12.5. The van der Waals surface area contributed by atoms with Gasteiger partial charge in [-0.25, -0.2) is 8.42 Å². The first-order valence-corrected chi connectivity index (χ1v) is 7.76. The van der Waals surface area contributed by atoms with Crippen molar-refractivity contribution >= 4 is 16.0 Å². The number of methoxy groups -OCH3 is 1.